The van der Waals surface area contributed by atoms with E-state index >= 15 is 0 Å². The van der Waals surface area contributed by atoms with Gasteiger partial charge in [-0.2, -0.15) is 0 Å². The molecule has 2 aromatic carbocycles. The predicted octanol–water partition coefficient (Wildman–Crippen LogP) is 4.16. The van der Waals surface area contributed by atoms with Crippen LogP contribution in [-0.2, 0) is 16.7 Å². The number of nitrogens with zero attached hydrogens (tertiary/aromatic N) is 1. The molecule has 0 unspecified atom stereocenters. The summed E-state index contributed by atoms with van der Waals surface area (Å²) in [6, 6.07) is 7.37. The summed E-state index contributed by atoms with van der Waals surface area (Å²) in [4.78, 5) is -0.755. The first-order valence-electron chi connectivity index (χ1n) is 7.73. The zero-order valence-electron chi connectivity index (χ0n) is 14.2. The van der Waals surface area contributed by atoms with E-state index in [1.807, 2.05) is 0 Å². The van der Waals surface area contributed by atoms with Crippen molar-refractivity contribution in [2.24, 2.45) is 5.14 Å². The number of primary sulfonamides is 1. The first-order chi connectivity index (χ1) is 13.5. The third-order valence-electron chi connectivity index (χ3n) is 3.77. The van der Waals surface area contributed by atoms with E-state index in [1.165, 1.54) is 18.2 Å². The highest BCUT2D eigenvalue weighted by Crippen LogP contribution is 2.37. The minimum atomic E-state index is -4.87. The molecule has 0 radical (unpaired) electrons. The van der Waals surface area contributed by atoms with E-state index in [4.69, 9.17) is 9.66 Å². The highest BCUT2D eigenvalue weighted by molar-refractivity contribution is 7.89. The van der Waals surface area contributed by atoms with Crippen molar-refractivity contribution in [3.8, 4) is 28.1 Å². The molecule has 3 rings (SSSR count). The van der Waals surface area contributed by atoms with E-state index in [2.05, 4.69) is 9.89 Å². The van der Waals surface area contributed by atoms with E-state index in [1.54, 1.807) is 0 Å². The lowest BCUT2D eigenvalue weighted by molar-refractivity contribution is -0.274. The van der Waals surface area contributed by atoms with E-state index in [0.29, 0.717) is 0 Å². The molecular weight excluding hydrogens is 423 g/mol. The van der Waals surface area contributed by atoms with Gasteiger partial charge in [0.05, 0.1) is 5.56 Å². The summed E-state index contributed by atoms with van der Waals surface area (Å²) in [6.07, 6.45) is -4.87. The molecule has 0 amide bonds. The van der Waals surface area contributed by atoms with Crippen LogP contribution in [0.3, 0.4) is 0 Å². The van der Waals surface area contributed by atoms with Crippen LogP contribution < -0.4 is 9.88 Å². The third-order valence-corrected chi connectivity index (χ3v) is 4.72. The van der Waals surface area contributed by atoms with Crippen LogP contribution in [-0.4, -0.2) is 19.9 Å². The molecule has 0 bridgehead atoms. The van der Waals surface area contributed by atoms with Crippen LogP contribution in [0.4, 0.5) is 22.0 Å². The maximum absolute atomic E-state index is 14.2. The second-order valence-corrected chi connectivity index (χ2v) is 7.26. The monoisotopic (exact) mass is 434 g/mol. The number of hydrogen-bond donors (Lipinski definition) is 1. The molecule has 3 aromatic rings. The molecule has 0 aliphatic carbocycles. The Bertz CT molecular complexity index is 1140. The topological polar surface area (TPSA) is 95.4 Å². The zero-order chi connectivity index (χ0) is 21.4. The fourth-order valence-electron chi connectivity index (χ4n) is 2.61. The molecule has 0 saturated carbocycles. The smallest absolute Gasteiger partial charge is 0.406 e. The Morgan fingerprint density at radius 1 is 1.07 bits per heavy atom. The summed E-state index contributed by atoms with van der Waals surface area (Å²) in [5.41, 5.74) is 0.291. The number of sulfonamides is 1. The fraction of sp³-hybridized carbons (Fsp3) is 0.118. The van der Waals surface area contributed by atoms with Crippen LogP contribution >= 0.6 is 0 Å². The predicted molar refractivity (Wildman–Crippen MR) is 90.2 cm³/mol. The first-order valence-corrected chi connectivity index (χ1v) is 9.27. The number of ether oxygens (including phenoxy) is 1. The summed E-state index contributed by atoms with van der Waals surface area (Å²) in [5.74, 6) is -1.94. The van der Waals surface area contributed by atoms with E-state index in [9.17, 15) is 30.4 Å². The molecule has 0 fully saturated rings. The Kier molecular flexibility index (Phi) is 5.32. The Balaban J connectivity index is 2.06. The molecule has 1 heterocycles. The van der Waals surface area contributed by atoms with E-state index < -0.39 is 39.5 Å². The lowest BCUT2D eigenvalue weighted by Crippen LogP contribution is -2.16. The zero-order valence-corrected chi connectivity index (χ0v) is 15.0. The van der Waals surface area contributed by atoms with Crippen molar-refractivity contribution in [1.82, 2.24) is 5.16 Å². The van der Waals surface area contributed by atoms with Gasteiger partial charge in [0.15, 0.2) is 12.4 Å². The van der Waals surface area contributed by atoms with Gasteiger partial charge in [0.1, 0.15) is 22.2 Å². The van der Waals surface area contributed by atoms with Crippen LogP contribution in [0.2, 0.25) is 0 Å². The highest BCUT2D eigenvalue weighted by atomic mass is 32.2. The van der Waals surface area contributed by atoms with Crippen LogP contribution in [0.1, 0.15) is 5.76 Å². The molecule has 0 aliphatic heterocycles. The normalized spacial score (nSPS) is 12.2. The van der Waals surface area contributed by atoms with Crippen molar-refractivity contribution in [1.29, 1.82) is 0 Å². The summed E-state index contributed by atoms with van der Waals surface area (Å²) in [6.45, 7) is -1.11. The number of hydrogen-bond acceptors (Lipinski definition) is 5. The molecule has 2 N–H and O–H groups in total. The van der Waals surface area contributed by atoms with Gasteiger partial charge in [0, 0.05) is 5.56 Å². The molecule has 0 saturated heterocycles. The SMILES string of the molecule is NS(=O)(=O)c1ccc(-c2c(-c3ccc(OC(F)(F)F)cc3)noc2CF)cc1F. The standard InChI is InChI=1S/C17H11F5N2O4S/c18-8-13-15(10-3-6-14(12(19)7-10)29(23,25)26)16(24-28-13)9-1-4-11(5-2-9)27-17(20,21)22/h1-7H,8H2,(H2,23,25,26). The molecule has 12 heteroatoms. The van der Waals surface area contributed by atoms with Gasteiger partial charge in [-0.15, -0.1) is 13.2 Å². The van der Waals surface area contributed by atoms with Crippen molar-refractivity contribution in [3.63, 3.8) is 0 Å². The minimum Gasteiger partial charge on any atom is -0.406 e. The van der Waals surface area contributed by atoms with Gasteiger partial charge in [0.25, 0.3) is 0 Å². The molecule has 29 heavy (non-hydrogen) atoms. The number of benzene rings is 2. The average molecular weight is 434 g/mol. The molecular formula is C17H11F5N2O4S. The van der Waals surface area contributed by atoms with Gasteiger partial charge in [-0.05, 0) is 42.0 Å². The van der Waals surface area contributed by atoms with E-state index in [-0.39, 0.29) is 28.1 Å². The molecule has 0 spiro atoms. The van der Waals surface area contributed by atoms with E-state index in [0.717, 1.165) is 24.3 Å². The van der Waals surface area contributed by atoms with Crippen molar-refractivity contribution in [2.75, 3.05) is 0 Å². The average Bonchev–Trinajstić information content (AvgIpc) is 3.04. The quantitative estimate of drug-likeness (QED) is 0.609. The number of alkyl halides is 4. The van der Waals surface area contributed by atoms with Crippen molar-refractivity contribution in [3.05, 3.63) is 54.0 Å². The van der Waals surface area contributed by atoms with Crippen molar-refractivity contribution < 1.29 is 39.6 Å². The minimum absolute atomic E-state index is 0.0110. The largest absolute Gasteiger partial charge is 0.573 e. The summed E-state index contributed by atoms with van der Waals surface area (Å²) in [7, 11) is -4.31. The van der Waals surface area contributed by atoms with Gasteiger partial charge in [0.2, 0.25) is 10.0 Å². The Morgan fingerprint density at radius 3 is 2.21 bits per heavy atom. The van der Waals surface area contributed by atoms with Crippen molar-refractivity contribution >= 4 is 10.0 Å². The number of aromatic nitrogens is 1. The maximum atomic E-state index is 14.2. The Morgan fingerprint density at radius 2 is 1.69 bits per heavy atom. The third kappa shape index (κ3) is 4.54. The summed E-state index contributed by atoms with van der Waals surface area (Å²) in [5, 5.41) is 8.61. The van der Waals surface area contributed by atoms with Crippen LogP contribution in [0.25, 0.3) is 22.4 Å². The summed E-state index contributed by atoms with van der Waals surface area (Å²) >= 11 is 0. The lowest BCUT2D eigenvalue weighted by Gasteiger charge is -2.09. The molecule has 0 atom stereocenters. The van der Waals surface area contributed by atoms with Gasteiger partial charge in [-0.25, -0.2) is 22.3 Å². The Hall–Kier alpha value is -2.99. The van der Waals surface area contributed by atoms with Crippen molar-refractivity contribution in [2.45, 2.75) is 17.9 Å². The molecule has 6 nitrogen and oxygen atoms in total. The second-order valence-electron chi connectivity index (χ2n) is 5.73. The first kappa shape index (κ1) is 20.7. The van der Waals surface area contributed by atoms with Gasteiger partial charge >= 0.3 is 6.36 Å². The number of nitrogens with two attached hydrogens (primary N) is 1. The molecule has 0 aliphatic rings. The maximum Gasteiger partial charge on any atom is 0.573 e. The van der Waals surface area contributed by atoms with Gasteiger partial charge in [-0.3, -0.25) is 0 Å². The number of rotatable bonds is 5. The van der Waals surface area contributed by atoms with Crippen LogP contribution in [0.5, 0.6) is 5.75 Å². The van der Waals surface area contributed by atoms with Gasteiger partial charge in [-0.1, -0.05) is 11.2 Å². The summed E-state index contributed by atoms with van der Waals surface area (Å²) < 4.78 is 95.7. The molecule has 154 valence electrons. The van der Waals surface area contributed by atoms with Gasteiger partial charge < -0.3 is 9.26 Å². The number of halogens is 5. The molecule has 1 aromatic heterocycles. The Labute approximate surface area is 160 Å². The second kappa shape index (κ2) is 7.44. The lowest BCUT2D eigenvalue weighted by atomic mass is 9.99. The highest BCUT2D eigenvalue weighted by Gasteiger charge is 2.31. The van der Waals surface area contributed by atoms with Crippen LogP contribution in [0, 0.1) is 5.82 Å². The van der Waals surface area contributed by atoms with Crippen LogP contribution in [0.15, 0.2) is 51.9 Å². The fourth-order valence-corrected chi connectivity index (χ4v) is 3.20.